The highest BCUT2D eigenvalue weighted by Gasteiger charge is 2.48. The van der Waals surface area contributed by atoms with Gasteiger partial charge in [0.25, 0.3) is 0 Å². The molecule has 0 amide bonds. The lowest BCUT2D eigenvalue weighted by Gasteiger charge is -2.49. The number of pyridine rings is 2. The highest BCUT2D eigenvalue weighted by molar-refractivity contribution is 5.93. The molecule has 34 heavy (non-hydrogen) atoms. The summed E-state index contributed by atoms with van der Waals surface area (Å²) in [6.07, 6.45) is 2.85. The zero-order valence-electron chi connectivity index (χ0n) is 18.4. The number of halogens is 3. The number of rotatable bonds is 6. The summed E-state index contributed by atoms with van der Waals surface area (Å²) in [6.45, 7) is 1.94. The van der Waals surface area contributed by atoms with Crippen LogP contribution in [0.25, 0.3) is 33.5 Å². The zero-order valence-corrected chi connectivity index (χ0v) is 18.4. The maximum absolute atomic E-state index is 12.8. The Morgan fingerprint density at radius 3 is 2.74 bits per heavy atom. The predicted octanol–water partition coefficient (Wildman–Crippen LogP) is 3.86. The van der Waals surface area contributed by atoms with Gasteiger partial charge in [-0.05, 0) is 31.2 Å². The molecule has 0 aliphatic carbocycles. The molecular weight excluding hydrogens is 445 g/mol. The fourth-order valence-corrected chi connectivity index (χ4v) is 4.44. The fourth-order valence-electron chi connectivity index (χ4n) is 4.44. The van der Waals surface area contributed by atoms with E-state index >= 15 is 0 Å². The molecule has 0 atom stereocenters. The monoisotopic (exact) mass is 466 g/mol. The van der Waals surface area contributed by atoms with E-state index in [4.69, 9.17) is 4.98 Å². The number of nitriles is 1. The van der Waals surface area contributed by atoms with Crippen molar-refractivity contribution in [3.05, 3.63) is 49.1 Å². The van der Waals surface area contributed by atoms with E-state index in [9.17, 15) is 18.4 Å². The smallest absolute Gasteiger partial charge is 0.290 e. The van der Waals surface area contributed by atoms with Gasteiger partial charge in [0.1, 0.15) is 16.9 Å². The molecule has 5 heterocycles. The average Bonchev–Trinajstić information content (AvgIpc) is 3.46. The van der Waals surface area contributed by atoms with Crippen molar-refractivity contribution in [2.24, 2.45) is 0 Å². The summed E-state index contributed by atoms with van der Waals surface area (Å²) in [5, 5.41) is 19.1. The molecular formula is C23H21F3N8. The maximum atomic E-state index is 12.8. The highest BCUT2D eigenvalue weighted by Crippen LogP contribution is 2.36. The molecule has 1 fully saturated rings. The second kappa shape index (κ2) is 8.22. The number of hydrogen-bond donors (Lipinski definition) is 0. The summed E-state index contributed by atoms with van der Waals surface area (Å²) in [6, 6.07) is 9.50. The number of fused-ring (bicyclic) bond motifs is 1. The van der Waals surface area contributed by atoms with Crippen molar-refractivity contribution < 1.29 is 13.2 Å². The van der Waals surface area contributed by atoms with E-state index < -0.39 is 18.3 Å². The van der Waals surface area contributed by atoms with Gasteiger partial charge in [0.2, 0.25) is 0 Å². The van der Waals surface area contributed by atoms with E-state index in [1.54, 1.807) is 29.3 Å². The van der Waals surface area contributed by atoms with Crippen LogP contribution >= 0.6 is 0 Å². The fraction of sp³-hybridized carbons (Fsp3) is 0.348. The van der Waals surface area contributed by atoms with Crippen LogP contribution in [-0.4, -0.2) is 60.2 Å². The van der Waals surface area contributed by atoms with Gasteiger partial charge in [-0.3, -0.25) is 19.2 Å². The van der Waals surface area contributed by atoms with Gasteiger partial charge in [-0.15, -0.1) is 0 Å². The number of aryl methyl sites for hydroxylation is 1. The molecule has 1 aliphatic heterocycles. The normalized spacial score (nSPS) is 15.9. The zero-order chi connectivity index (χ0) is 23.9. The standard InChI is InChI=1S/C23H21F3N8/c1-2-33-12-16(11-29-33)19-10-20-17(4-3-8-28-20)21(30-19)18-5-9-34(31-18)22(6-7-27)13-32(14-22)15-23(24,25)26/h3-5,8-12H,2,6,13-15H2,1H3. The van der Waals surface area contributed by atoms with Gasteiger partial charge in [-0.1, -0.05) is 0 Å². The van der Waals surface area contributed by atoms with Crippen LogP contribution in [0.1, 0.15) is 13.3 Å². The minimum absolute atomic E-state index is 0.0639. The van der Waals surface area contributed by atoms with Crippen molar-refractivity contribution >= 4 is 10.9 Å². The van der Waals surface area contributed by atoms with Crippen LogP contribution in [0.3, 0.4) is 0 Å². The summed E-state index contributed by atoms with van der Waals surface area (Å²) >= 11 is 0. The Bertz CT molecular complexity index is 1370. The van der Waals surface area contributed by atoms with Gasteiger partial charge in [0.05, 0.1) is 36.4 Å². The van der Waals surface area contributed by atoms with Gasteiger partial charge in [0, 0.05) is 49.2 Å². The quantitative estimate of drug-likeness (QED) is 0.429. The molecule has 1 aliphatic rings. The third kappa shape index (κ3) is 4.01. The molecule has 174 valence electrons. The van der Waals surface area contributed by atoms with Crippen LogP contribution in [0, 0.1) is 11.3 Å². The SMILES string of the molecule is CCn1cc(-c2cc3ncccc3c(-c3ccn(C4(CC#N)CN(CC(F)(F)F)C4)n3)n2)cn1. The highest BCUT2D eigenvalue weighted by atomic mass is 19.4. The Labute approximate surface area is 193 Å². The first-order chi connectivity index (χ1) is 16.3. The van der Waals surface area contributed by atoms with Crippen molar-refractivity contribution in [2.75, 3.05) is 19.6 Å². The van der Waals surface area contributed by atoms with E-state index in [0.717, 1.165) is 23.0 Å². The predicted molar refractivity (Wildman–Crippen MR) is 118 cm³/mol. The third-order valence-corrected chi connectivity index (χ3v) is 6.02. The molecule has 0 aromatic carbocycles. The van der Waals surface area contributed by atoms with Crippen molar-refractivity contribution in [3.63, 3.8) is 0 Å². The van der Waals surface area contributed by atoms with Crippen molar-refractivity contribution in [2.45, 2.75) is 31.6 Å². The molecule has 0 saturated carbocycles. The summed E-state index contributed by atoms with van der Waals surface area (Å²) in [5.74, 6) is 0. The summed E-state index contributed by atoms with van der Waals surface area (Å²) in [7, 11) is 0. The second-order valence-electron chi connectivity index (χ2n) is 8.48. The van der Waals surface area contributed by atoms with E-state index in [2.05, 4.69) is 21.3 Å². The van der Waals surface area contributed by atoms with Gasteiger partial charge < -0.3 is 0 Å². The van der Waals surface area contributed by atoms with Crippen LogP contribution in [0.4, 0.5) is 13.2 Å². The van der Waals surface area contributed by atoms with Gasteiger partial charge in [0.15, 0.2) is 0 Å². The van der Waals surface area contributed by atoms with Crippen LogP contribution < -0.4 is 0 Å². The lowest BCUT2D eigenvalue weighted by Crippen LogP contribution is -2.64. The number of aromatic nitrogens is 6. The van der Waals surface area contributed by atoms with Gasteiger partial charge >= 0.3 is 6.18 Å². The van der Waals surface area contributed by atoms with Gasteiger partial charge in [-0.2, -0.15) is 28.6 Å². The van der Waals surface area contributed by atoms with E-state index in [0.29, 0.717) is 17.1 Å². The molecule has 0 bridgehead atoms. The number of alkyl halides is 3. The van der Waals surface area contributed by atoms with Gasteiger partial charge in [-0.25, -0.2) is 4.98 Å². The molecule has 0 unspecified atom stereocenters. The maximum Gasteiger partial charge on any atom is 0.401 e. The molecule has 11 heteroatoms. The van der Waals surface area contributed by atoms with E-state index in [-0.39, 0.29) is 19.5 Å². The largest absolute Gasteiger partial charge is 0.401 e. The Balaban J connectivity index is 1.53. The minimum atomic E-state index is -4.28. The van der Waals surface area contributed by atoms with Crippen molar-refractivity contribution in [1.29, 1.82) is 5.26 Å². The Morgan fingerprint density at radius 1 is 1.21 bits per heavy atom. The summed E-state index contributed by atoms with van der Waals surface area (Å²) in [4.78, 5) is 10.6. The molecule has 0 N–H and O–H groups in total. The summed E-state index contributed by atoms with van der Waals surface area (Å²) in [5.41, 5.74) is 2.66. The lowest BCUT2D eigenvalue weighted by molar-refractivity contribution is -0.167. The number of nitrogens with zero attached hydrogens (tertiary/aromatic N) is 8. The van der Waals surface area contributed by atoms with Crippen LogP contribution in [0.5, 0.6) is 0 Å². The Hall–Kier alpha value is -3.78. The Morgan fingerprint density at radius 2 is 2.03 bits per heavy atom. The number of hydrogen-bond acceptors (Lipinski definition) is 6. The Kier molecular flexibility index (Phi) is 5.32. The van der Waals surface area contributed by atoms with Crippen LogP contribution in [0.2, 0.25) is 0 Å². The van der Waals surface area contributed by atoms with Crippen molar-refractivity contribution in [1.82, 2.24) is 34.4 Å². The second-order valence-corrected chi connectivity index (χ2v) is 8.48. The average molecular weight is 466 g/mol. The van der Waals surface area contributed by atoms with E-state index in [1.807, 2.05) is 36.0 Å². The lowest BCUT2D eigenvalue weighted by atomic mass is 9.87. The minimum Gasteiger partial charge on any atom is -0.290 e. The van der Waals surface area contributed by atoms with E-state index in [1.165, 1.54) is 4.90 Å². The van der Waals surface area contributed by atoms with Crippen molar-refractivity contribution in [3.8, 4) is 28.7 Å². The summed E-state index contributed by atoms with van der Waals surface area (Å²) < 4.78 is 41.8. The topological polar surface area (TPSA) is 88.5 Å². The molecule has 5 rings (SSSR count). The van der Waals surface area contributed by atoms with Crippen LogP contribution in [0.15, 0.2) is 49.1 Å². The first kappa shape index (κ1) is 22.0. The third-order valence-electron chi connectivity index (χ3n) is 6.02. The molecule has 4 aromatic rings. The number of likely N-dealkylation sites (tertiary alicyclic amines) is 1. The molecule has 4 aromatic heterocycles. The van der Waals surface area contributed by atoms with Crippen LogP contribution in [-0.2, 0) is 12.1 Å². The molecule has 8 nitrogen and oxygen atoms in total. The first-order valence-corrected chi connectivity index (χ1v) is 10.8. The molecule has 1 saturated heterocycles. The molecule has 0 spiro atoms. The molecule has 0 radical (unpaired) electrons. The first-order valence-electron chi connectivity index (χ1n) is 10.8.